The molecule has 7 heteroatoms. The summed E-state index contributed by atoms with van der Waals surface area (Å²) < 4.78 is 5.17. The van der Waals surface area contributed by atoms with Crippen molar-refractivity contribution in [2.45, 2.75) is 32.2 Å². The third-order valence-corrected chi connectivity index (χ3v) is 6.27. The number of carbonyl (C=O) groups is 2. The third kappa shape index (κ3) is 5.69. The van der Waals surface area contributed by atoms with Crippen LogP contribution in [0.2, 0.25) is 5.02 Å². The molecule has 0 aliphatic carbocycles. The number of para-hydroxylation sites is 1. The van der Waals surface area contributed by atoms with E-state index in [9.17, 15) is 9.59 Å². The summed E-state index contributed by atoms with van der Waals surface area (Å²) in [4.78, 5) is 27.5. The zero-order valence-electron chi connectivity index (χ0n) is 19.1. The van der Waals surface area contributed by atoms with E-state index in [4.69, 9.17) is 16.3 Å². The smallest absolute Gasteiger partial charge is 0.319 e. The molecule has 3 aromatic carbocycles. The van der Waals surface area contributed by atoms with E-state index in [-0.39, 0.29) is 18.5 Å². The van der Waals surface area contributed by atoms with Crippen molar-refractivity contribution in [3.63, 3.8) is 0 Å². The lowest BCUT2D eigenvalue weighted by molar-refractivity contribution is 0.0986. The minimum atomic E-state index is -0.360. The minimum absolute atomic E-state index is 0.0634. The number of anilines is 2. The number of halogens is 1. The lowest BCUT2D eigenvalue weighted by Gasteiger charge is -2.27. The summed E-state index contributed by atoms with van der Waals surface area (Å²) >= 11 is 6.50. The predicted octanol–water partition coefficient (Wildman–Crippen LogP) is 6.04. The molecular formula is C27H28ClN3O3. The molecule has 2 N–H and O–H groups in total. The second-order valence-corrected chi connectivity index (χ2v) is 8.65. The topological polar surface area (TPSA) is 70.7 Å². The average molecular weight is 478 g/mol. The largest absolute Gasteiger partial charge is 0.497 e. The number of carbonyl (C=O) groups excluding carboxylic acids is 2. The molecule has 1 heterocycles. The molecule has 0 fully saturated rings. The van der Waals surface area contributed by atoms with Crippen LogP contribution in [-0.4, -0.2) is 25.6 Å². The highest BCUT2D eigenvalue weighted by atomic mass is 35.5. The van der Waals surface area contributed by atoms with Crippen LogP contribution < -0.4 is 20.3 Å². The van der Waals surface area contributed by atoms with E-state index in [1.165, 1.54) is 5.56 Å². The molecule has 176 valence electrons. The van der Waals surface area contributed by atoms with Gasteiger partial charge in [-0.1, -0.05) is 48.4 Å². The number of urea groups is 1. The van der Waals surface area contributed by atoms with Crippen molar-refractivity contribution in [1.29, 1.82) is 0 Å². The summed E-state index contributed by atoms with van der Waals surface area (Å²) in [6, 6.07) is 20.1. The molecule has 3 aromatic rings. The summed E-state index contributed by atoms with van der Waals surface area (Å²) in [5.41, 5.74) is 4.06. The highest BCUT2D eigenvalue weighted by Crippen LogP contribution is 2.28. The van der Waals surface area contributed by atoms with Gasteiger partial charge in [-0.3, -0.25) is 4.79 Å². The van der Waals surface area contributed by atoms with Gasteiger partial charge in [-0.25, -0.2) is 4.79 Å². The van der Waals surface area contributed by atoms with E-state index >= 15 is 0 Å². The van der Waals surface area contributed by atoms with Crippen LogP contribution >= 0.6 is 11.6 Å². The molecule has 0 unspecified atom stereocenters. The van der Waals surface area contributed by atoms with Gasteiger partial charge >= 0.3 is 6.03 Å². The van der Waals surface area contributed by atoms with Gasteiger partial charge in [-0.05, 0) is 60.7 Å². The van der Waals surface area contributed by atoms with Gasteiger partial charge in [0.15, 0.2) is 0 Å². The number of aryl methyl sites for hydroxylation is 1. The SMILES string of the molecule is COc1cccc(NC(=O)NCc2ccc(C(=O)N3CCCCCc4ccccc43)cc2Cl)c1. The van der Waals surface area contributed by atoms with E-state index in [0.717, 1.165) is 36.9 Å². The van der Waals surface area contributed by atoms with Crippen molar-refractivity contribution in [3.05, 3.63) is 88.4 Å². The van der Waals surface area contributed by atoms with Gasteiger partial charge < -0.3 is 20.3 Å². The summed E-state index contributed by atoms with van der Waals surface area (Å²) in [6.07, 6.45) is 4.18. The van der Waals surface area contributed by atoms with Crippen LogP contribution in [0.25, 0.3) is 0 Å². The molecule has 0 spiro atoms. The fraction of sp³-hybridized carbons (Fsp3) is 0.259. The first-order valence-corrected chi connectivity index (χ1v) is 11.8. The lowest BCUT2D eigenvalue weighted by Crippen LogP contribution is -2.33. The van der Waals surface area contributed by atoms with Crippen LogP contribution in [-0.2, 0) is 13.0 Å². The molecule has 1 aliphatic heterocycles. The molecule has 0 radical (unpaired) electrons. The summed E-state index contributed by atoms with van der Waals surface area (Å²) in [6.45, 7) is 0.914. The fourth-order valence-corrected chi connectivity index (χ4v) is 4.36. The molecule has 0 aromatic heterocycles. The maximum Gasteiger partial charge on any atom is 0.319 e. The number of nitrogens with one attached hydrogen (secondary N) is 2. The van der Waals surface area contributed by atoms with E-state index in [1.54, 1.807) is 49.6 Å². The Labute approximate surface area is 204 Å². The first-order chi connectivity index (χ1) is 16.5. The molecule has 1 aliphatic rings. The highest BCUT2D eigenvalue weighted by Gasteiger charge is 2.22. The van der Waals surface area contributed by atoms with Crippen LogP contribution in [0, 0.1) is 0 Å². The van der Waals surface area contributed by atoms with Crippen molar-refractivity contribution in [1.82, 2.24) is 5.32 Å². The Bertz CT molecular complexity index is 1180. The molecule has 4 rings (SSSR count). The molecule has 0 saturated carbocycles. The number of hydrogen-bond acceptors (Lipinski definition) is 3. The molecule has 3 amide bonds. The number of fused-ring (bicyclic) bond motifs is 1. The number of benzene rings is 3. The Morgan fingerprint density at radius 2 is 1.85 bits per heavy atom. The lowest BCUT2D eigenvalue weighted by atomic mass is 10.0. The standard InChI is InChI=1S/C27H28ClN3O3/c1-34-23-11-7-10-22(17-23)30-27(33)29-18-21-14-13-20(16-24(21)28)26(32)31-15-6-2-3-8-19-9-4-5-12-25(19)31/h4-5,7,9-14,16-17H,2-3,6,8,15,18H2,1H3,(H2,29,30,33). The highest BCUT2D eigenvalue weighted by molar-refractivity contribution is 6.31. The predicted molar refractivity (Wildman–Crippen MR) is 136 cm³/mol. The van der Waals surface area contributed by atoms with Crippen molar-refractivity contribution >= 4 is 34.9 Å². The van der Waals surface area contributed by atoms with Gasteiger partial charge in [0.1, 0.15) is 5.75 Å². The van der Waals surface area contributed by atoms with Crippen LogP contribution in [0.15, 0.2) is 66.7 Å². The van der Waals surface area contributed by atoms with E-state index < -0.39 is 0 Å². The molecule has 6 nitrogen and oxygen atoms in total. The molecule has 0 atom stereocenters. The maximum absolute atomic E-state index is 13.4. The van der Waals surface area contributed by atoms with Gasteiger partial charge in [0.2, 0.25) is 0 Å². The molecule has 0 saturated heterocycles. The van der Waals surface area contributed by atoms with Crippen LogP contribution in [0.4, 0.5) is 16.2 Å². The van der Waals surface area contributed by atoms with Gasteiger partial charge in [0.05, 0.1) is 7.11 Å². The number of ether oxygens (including phenoxy) is 1. The van der Waals surface area contributed by atoms with Crippen molar-refractivity contribution < 1.29 is 14.3 Å². The van der Waals surface area contributed by atoms with E-state index in [2.05, 4.69) is 16.7 Å². The van der Waals surface area contributed by atoms with Gasteiger partial charge in [-0.2, -0.15) is 0 Å². The second kappa shape index (κ2) is 11.1. The van der Waals surface area contributed by atoms with E-state index in [0.29, 0.717) is 28.6 Å². The minimum Gasteiger partial charge on any atom is -0.497 e. The van der Waals surface area contributed by atoms with Gasteiger partial charge in [0.25, 0.3) is 5.91 Å². The zero-order chi connectivity index (χ0) is 23.9. The maximum atomic E-state index is 13.4. The Morgan fingerprint density at radius 3 is 2.68 bits per heavy atom. The Morgan fingerprint density at radius 1 is 1.00 bits per heavy atom. The quantitative estimate of drug-likeness (QED) is 0.470. The number of methoxy groups -OCH3 is 1. The normalized spacial score (nSPS) is 13.3. The van der Waals surface area contributed by atoms with Gasteiger partial charge in [0, 0.05) is 41.1 Å². The van der Waals surface area contributed by atoms with Crippen LogP contribution in [0.1, 0.15) is 40.7 Å². The Kier molecular flexibility index (Phi) is 7.70. The van der Waals surface area contributed by atoms with E-state index in [1.807, 2.05) is 23.1 Å². The van der Waals surface area contributed by atoms with Crippen molar-refractivity contribution in [3.8, 4) is 5.75 Å². The second-order valence-electron chi connectivity index (χ2n) is 8.24. The fourth-order valence-electron chi connectivity index (χ4n) is 4.11. The number of nitrogens with zero attached hydrogens (tertiary/aromatic N) is 1. The Balaban J connectivity index is 1.43. The van der Waals surface area contributed by atoms with Crippen molar-refractivity contribution in [2.75, 3.05) is 23.9 Å². The summed E-state index contributed by atoms with van der Waals surface area (Å²) in [5, 5.41) is 6.00. The Hall–Kier alpha value is -3.51. The summed E-state index contributed by atoms with van der Waals surface area (Å²) in [7, 11) is 1.57. The molecular weight excluding hydrogens is 450 g/mol. The number of hydrogen-bond donors (Lipinski definition) is 2. The van der Waals surface area contributed by atoms with Crippen molar-refractivity contribution in [2.24, 2.45) is 0 Å². The van der Waals surface area contributed by atoms with Crippen LogP contribution in [0.3, 0.4) is 0 Å². The third-order valence-electron chi connectivity index (χ3n) is 5.92. The summed E-state index contributed by atoms with van der Waals surface area (Å²) in [5.74, 6) is 0.593. The van der Waals surface area contributed by atoms with Crippen LogP contribution in [0.5, 0.6) is 5.75 Å². The first-order valence-electron chi connectivity index (χ1n) is 11.4. The first kappa shape index (κ1) is 23.6. The average Bonchev–Trinajstić information content (AvgIpc) is 2.83. The monoisotopic (exact) mass is 477 g/mol. The molecule has 0 bridgehead atoms. The van der Waals surface area contributed by atoms with Gasteiger partial charge in [-0.15, -0.1) is 0 Å². The zero-order valence-corrected chi connectivity index (χ0v) is 19.9. The number of rotatable bonds is 5. The number of amides is 3. The molecule has 34 heavy (non-hydrogen) atoms.